The lowest BCUT2D eigenvalue weighted by Crippen LogP contribution is -2.78. The van der Waals surface area contributed by atoms with Crippen LogP contribution in [-0.4, -0.2) is 84.2 Å². The summed E-state index contributed by atoms with van der Waals surface area (Å²) in [5.41, 5.74) is -1.64. The lowest BCUT2D eigenvalue weighted by Gasteiger charge is -2.45. The van der Waals surface area contributed by atoms with Gasteiger partial charge >= 0.3 is 77.5 Å². The van der Waals surface area contributed by atoms with Gasteiger partial charge in [-0.25, -0.2) is 9.18 Å². The Morgan fingerprint density at radius 1 is 0.444 bits per heavy atom. The van der Waals surface area contributed by atoms with Gasteiger partial charge in [-0.3, -0.25) is 0 Å². The number of carbonyl (C=O) groups excluding carboxylic acids is 1. The highest BCUT2D eigenvalue weighted by atomic mass is 19.4. The second-order valence-electron chi connectivity index (χ2n) is 8.19. The minimum Gasteiger partial charge on any atom is -0.393 e. The van der Waals surface area contributed by atoms with Gasteiger partial charge in [0.1, 0.15) is 6.67 Å². The van der Waals surface area contributed by atoms with Gasteiger partial charge in [-0.05, 0) is 13.0 Å². The van der Waals surface area contributed by atoms with Crippen LogP contribution < -0.4 is 0 Å². The zero-order valence-corrected chi connectivity index (χ0v) is 19.9. The number of esters is 1. The molecule has 28 heteroatoms. The monoisotopic (exact) mass is 736 g/mol. The van der Waals surface area contributed by atoms with Crippen LogP contribution >= 0.6 is 0 Å². The predicted octanol–water partition coefficient (Wildman–Crippen LogP) is 8.95. The molecule has 0 aliphatic rings. The van der Waals surface area contributed by atoms with E-state index in [0.29, 0.717) is 0 Å². The summed E-state index contributed by atoms with van der Waals surface area (Å²) < 4.78 is 347. The van der Waals surface area contributed by atoms with Gasteiger partial charge in [0, 0.05) is 5.57 Å². The molecule has 0 spiro atoms. The van der Waals surface area contributed by atoms with Crippen LogP contribution in [0.5, 0.6) is 0 Å². The van der Waals surface area contributed by atoms with Gasteiger partial charge in [-0.2, -0.15) is 110 Å². The van der Waals surface area contributed by atoms with Gasteiger partial charge in [0.2, 0.25) is 0 Å². The maximum atomic E-state index is 13.7. The first-order valence-corrected chi connectivity index (χ1v) is 9.80. The molecule has 0 N–H and O–H groups in total. The van der Waals surface area contributed by atoms with Crippen molar-refractivity contribution < 1.29 is 124 Å². The highest BCUT2D eigenvalue weighted by molar-refractivity contribution is 5.88. The van der Waals surface area contributed by atoms with E-state index in [4.69, 9.17) is 0 Å². The number of ether oxygens (including phenoxy) is 1. The Hall–Kier alpha value is -2.61. The molecule has 0 atom stereocenters. The van der Waals surface area contributed by atoms with E-state index in [1.165, 1.54) is 0 Å². The molecule has 0 aromatic heterocycles. The molecule has 0 saturated heterocycles. The summed E-state index contributed by atoms with van der Waals surface area (Å²) in [6.45, 7) is -1.78. The van der Waals surface area contributed by atoms with Gasteiger partial charge in [0.15, 0.2) is 0 Å². The van der Waals surface area contributed by atoms with E-state index in [1.54, 1.807) is 0 Å². The van der Waals surface area contributed by atoms with Crippen molar-refractivity contribution >= 4 is 5.97 Å². The molecule has 0 aromatic carbocycles. The Morgan fingerprint density at radius 3 is 0.889 bits per heavy atom. The average Bonchev–Trinajstić information content (AvgIpc) is 2.81. The van der Waals surface area contributed by atoms with Crippen molar-refractivity contribution in [2.75, 3.05) is 6.67 Å². The average molecular weight is 736 g/mol. The molecule has 268 valence electrons. The van der Waals surface area contributed by atoms with Crippen molar-refractivity contribution in [3.63, 3.8) is 0 Å². The number of alkyl halides is 26. The van der Waals surface area contributed by atoms with Gasteiger partial charge in [0.25, 0.3) is 0 Å². The second-order valence-corrected chi connectivity index (χ2v) is 8.19. The predicted molar refractivity (Wildman–Crippen MR) is 86.3 cm³/mol. The minimum atomic E-state index is -9.70. The molecule has 0 heterocycles. The van der Waals surface area contributed by atoms with Gasteiger partial charge in [-0.15, -0.1) is 0 Å². The van der Waals surface area contributed by atoms with E-state index >= 15 is 0 Å². The summed E-state index contributed by atoms with van der Waals surface area (Å²) in [7, 11) is 0. The number of carbonyl (C=O) groups is 1. The fraction of sp³-hybridized carbons (Fsp3) is 0.824. The molecular formula is C17H6F26O2. The molecule has 0 saturated carbocycles. The van der Waals surface area contributed by atoms with Crippen LogP contribution in [0, 0.1) is 0 Å². The molecule has 0 amide bonds. The molecule has 2 nitrogen and oxygen atoms in total. The Bertz CT molecular complexity index is 1130. The third kappa shape index (κ3) is 5.47. The summed E-state index contributed by atoms with van der Waals surface area (Å²) in [4.78, 5) is 11.1. The van der Waals surface area contributed by atoms with Crippen molar-refractivity contribution in [2.45, 2.75) is 78.4 Å². The Labute approximate surface area is 227 Å². The first-order valence-electron chi connectivity index (χ1n) is 9.80. The largest absolute Gasteiger partial charge is 0.473 e. The van der Waals surface area contributed by atoms with Crippen LogP contribution in [0.15, 0.2) is 11.6 Å². The smallest absolute Gasteiger partial charge is 0.393 e. The zero-order valence-electron chi connectivity index (χ0n) is 19.9. The molecule has 0 radical (unpaired) electrons. The molecule has 0 bridgehead atoms. The van der Waals surface area contributed by atoms with Crippen molar-refractivity contribution in [3.05, 3.63) is 11.6 Å². The lowest BCUT2D eigenvalue weighted by atomic mass is 9.85. The number of allylic oxidation sites excluding steroid dienone is 1. The number of hydrogen-bond donors (Lipinski definition) is 0. The molecule has 0 aromatic rings. The summed E-state index contributed by atoms with van der Waals surface area (Å²) in [5, 5.41) is 0. The minimum absolute atomic E-state index is 0.115. The number of rotatable bonds is 13. The first kappa shape index (κ1) is 42.4. The maximum Gasteiger partial charge on any atom is 0.473 e. The molecule has 0 aliphatic heterocycles. The molecular weight excluding hydrogens is 730 g/mol. The van der Waals surface area contributed by atoms with Crippen LogP contribution in [-0.2, 0) is 9.53 Å². The fourth-order valence-corrected chi connectivity index (χ4v) is 2.40. The Kier molecular flexibility index (Phi) is 10.4. The van der Waals surface area contributed by atoms with Gasteiger partial charge in [0.05, 0.1) is 0 Å². The molecule has 0 unspecified atom stereocenters. The summed E-state index contributed by atoms with van der Waals surface area (Å²) in [6.07, 6.45) is -16.1. The van der Waals surface area contributed by atoms with Crippen LogP contribution in [0.3, 0.4) is 0 Å². The topological polar surface area (TPSA) is 26.3 Å². The van der Waals surface area contributed by atoms with E-state index in [-0.39, 0.29) is 13.0 Å². The second kappa shape index (κ2) is 11.0. The van der Waals surface area contributed by atoms with Crippen LogP contribution in [0.1, 0.15) is 6.92 Å². The third-order valence-corrected chi connectivity index (χ3v) is 5.20. The molecule has 0 rings (SSSR count). The molecule has 45 heavy (non-hydrogen) atoms. The van der Waals surface area contributed by atoms with Crippen LogP contribution in [0.2, 0.25) is 0 Å². The third-order valence-electron chi connectivity index (χ3n) is 5.20. The lowest BCUT2D eigenvalue weighted by molar-refractivity contribution is -0.487. The quantitative estimate of drug-likeness (QED) is 0.107. The summed E-state index contributed by atoms with van der Waals surface area (Å²) in [5.74, 6) is -96.2. The maximum absolute atomic E-state index is 13.7. The van der Waals surface area contributed by atoms with E-state index in [2.05, 4.69) is 4.74 Å². The summed E-state index contributed by atoms with van der Waals surface area (Å²) in [6, 6.07) is 0. The van der Waals surface area contributed by atoms with E-state index < -0.39 is 89.7 Å². The SMILES string of the molecule is CC(=CCF)C(=O)OC(F)(F)C(F)(F)C(F)(F)C(F)(F)C(F)(F)C(F)(F)C(F)(F)C(F)(F)C(F)(F)C(F)(F)C(F)(F)C(F)(F)F. The van der Waals surface area contributed by atoms with Crippen molar-refractivity contribution in [1.82, 2.24) is 0 Å². The zero-order chi connectivity index (χ0) is 37.3. The fourth-order valence-electron chi connectivity index (χ4n) is 2.40. The van der Waals surface area contributed by atoms with E-state index in [0.717, 1.165) is 0 Å². The number of halogens is 26. The van der Waals surface area contributed by atoms with Crippen molar-refractivity contribution in [1.29, 1.82) is 0 Å². The standard InChI is InChI=1S/C17H6F26O2/c1-4(2-3-18)5(44)45-17(42,43)15(37,38)13(33,34)11(29,30)9(25,26)7(21,22)6(19,20)8(23,24)10(27,28)12(31,32)14(35,36)16(39,40)41/h2H,3H2,1H3. The summed E-state index contributed by atoms with van der Waals surface area (Å²) >= 11 is 0. The highest BCUT2D eigenvalue weighted by Crippen LogP contribution is 2.67. The van der Waals surface area contributed by atoms with Crippen molar-refractivity contribution in [2.24, 2.45) is 0 Å². The first-order chi connectivity index (χ1) is 19.1. The van der Waals surface area contributed by atoms with E-state index in [9.17, 15) is 119 Å². The van der Waals surface area contributed by atoms with Crippen LogP contribution in [0.25, 0.3) is 0 Å². The highest BCUT2D eigenvalue weighted by Gasteiger charge is 2.99. The van der Waals surface area contributed by atoms with E-state index in [1.807, 2.05) is 0 Å². The molecule has 0 aliphatic carbocycles. The van der Waals surface area contributed by atoms with Crippen molar-refractivity contribution in [3.8, 4) is 0 Å². The van der Waals surface area contributed by atoms with Gasteiger partial charge in [-0.1, -0.05) is 0 Å². The molecule has 0 fully saturated rings. The Balaban J connectivity index is 7.29. The number of hydrogen-bond acceptors (Lipinski definition) is 2. The van der Waals surface area contributed by atoms with Crippen LogP contribution in [0.4, 0.5) is 114 Å². The van der Waals surface area contributed by atoms with Gasteiger partial charge < -0.3 is 4.74 Å². The Morgan fingerprint density at radius 2 is 0.667 bits per heavy atom. The normalized spacial score (nSPS) is 16.6.